The lowest BCUT2D eigenvalue weighted by Gasteiger charge is -2.22. The number of hydrogen-bond donors (Lipinski definition) is 1. The molecule has 0 saturated carbocycles. The first kappa shape index (κ1) is 24.6. The first-order chi connectivity index (χ1) is 17.7. The smallest absolute Gasteiger partial charge is 0.210 e. The van der Waals surface area contributed by atoms with Crippen LogP contribution in [0.4, 0.5) is 4.39 Å². The van der Waals surface area contributed by atoms with E-state index in [9.17, 15) is 4.79 Å². The molecule has 6 nitrogen and oxygen atoms in total. The first-order valence-electron chi connectivity index (χ1n) is 12.2. The Morgan fingerprint density at radius 2 is 1.81 bits per heavy atom. The largest absolute Gasteiger partial charge is 0.497 e. The second-order valence-corrected chi connectivity index (χ2v) is 10.1. The Balaban J connectivity index is 1.45. The second-order valence-electron chi connectivity index (χ2n) is 10.1. The van der Waals surface area contributed by atoms with Crippen LogP contribution < -0.4 is 10.1 Å². The minimum atomic E-state index is -0.979. The lowest BCUT2D eigenvalue weighted by Crippen LogP contribution is -2.35. The standard InChI is InChI=1S/C30H29FN4O2/c1-30(2,3)34-16-20-7-5-6-8-23(20)19-9-14-24(25(31)15-19)27-29(36)28-26(17-32-27)33-18-35(28)21-10-12-22(37-4)13-11-21/h5-15,17-18,27,34H,16H2,1-4H3. The lowest BCUT2D eigenvalue weighted by molar-refractivity contribution is 0.0952. The molecule has 188 valence electrons. The molecular formula is C30H29FN4O2. The molecule has 4 aromatic rings. The predicted octanol–water partition coefficient (Wildman–Crippen LogP) is 5.93. The van der Waals surface area contributed by atoms with Gasteiger partial charge in [-0.15, -0.1) is 0 Å². The molecule has 5 rings (SSSR count). The zero-order chi connectivity index (χ0) is 26.2. The van der Waals surface area contributed by atoms with Crippen LogP contribution in [0.2, 0.25) is 0 Å². The number of fused-ring (bicyclic) bond motifs is 1. The Morgan fingerprint density at radius 1 is 1.05 bits per heavy atom. The number of carbonyl (C=O) groups excluding carboxylic acids is 1. The minimum Gasteiger partial charge on any atom is -0.497 e. The summed E-state index contributed by atoms with van der Waals surface area (Å²) >= 11 is 0. The number of halogens is 1. The van der Waals surface area contributed by atoms with Crippen molar-refractivity contribution < 1.29 is 13.9 Å². The molecular weight excluding hydrogens is 467 g/mol. The fourth-order valence-corrected chi connectivity index (χ4v) is 4.44. The summed E-state index contributed by atoms with van der Waals surface area (Å²) in [7, 11) is 1.60. The van der Waals surface area contributed by atoms with Gasteiger partial charge in [0.05, 0.1) is 13.3 Å². The summed E-state index contributed by atoms with van der Waals surface area (Å²) in [5.41, 5.74) is 4.58. The van der Waals surface area contributed by atoms with Crippen LogP contribution in [0.5, 0.6) is 5.75 Å². The number of aliphatic imine (C=N–C) groups is 1. The zero-order valence-electron chi connectivity index (χ0n) is 21.3. The summed E-state index contributed by atoms with van der Waals surface area (Å²) in [6, 6.07) is 19.3. The first-order valence-corrected chi connectivity index (χ1v) is 12.2. The van der Waals surface area contributed by atoms with Gasteiger partial charge >= 0.3 is 0 Å². The Bertz CT molecular complexity index is 1480. The minimum absolute atomic E-state index is 0.0429. The SMILES string of the molecule is COc1ccc(-n2cnc3c2C(=O)C(c2ccc(-c4ccccc4CNC(C)(C)C)cc2F)N=C3)cc1. The van der Waals surface area contributed by atoms with Crippen LogP contribution in [0.1, 0.15) is 54.1 Å². The van der Waals surface area contributed by atoms with Gasteiger partial charge in [0.1, 0.15) is 35.3 Å². The maximum absolute atomic E-state index is 15.5. The molecule has 37 heavy (non-hydrogen) atoms. The molecule has 2 heterocycles. The van der Waals surface area contributed by atoms with Crippen molar-refractivity contribution in [3.8, 4) is 22.6 Å². The monoisotopic (exact) mass is 496 g/mol. The van der Waals surface area contributed by atoms with Gasteiger partial charge in [0.25, 0.3) is 0 Å². The summed E-state index contributed by atoms with van der Waals surface area (Å²) < 4.78 is 22.5. The normalized spacial score (nSPS) is 15.1. The van der Waals surface area contributed by atoms with Crippen LogP contribution >= 0.6 is 0 Å². The van der Waals surface area contributed by atoms with E-state index in [4.69, 9.17) is 4.74 Å². The number of ether oxygens (including phenoxy) is 1. The van der Waals surface area contributed by atoms with Crippen molar-refractivity contribution in [2.45, 2.75) is 38.9 Å². The van der Waals surface area contributed by atoms with Gasteiger partial charge in [-0.05, 0) is 67.8 Å². The van der Waals surface area contributed by atoms with Crippen LogP contribution in [-0.4, -0.2) is 34.2 Å². The number of rotatable bonds is 6. The molecule has 0 aliphatic carbocycles. The van der Waals surface area contributed by atoms with Gasteiger partial charge in [-0.25, -0.2) is 9.37 Å². The van der Waals surface area contributed by atoms with Gasteiger partial charge in [0.2, 0.25) is 5.78 Å². The highest BCUT2D eigenvalue weighted by Crippen LogP contribution is 2.33. The number of imidazole rings is 1. The van der Waals surface area contributed by atoms with Crippen molar-refractivity contribution in [3.05, 3.63) is 101 Å². The Morgan fingerprint density at radius 3 is 2.51 bits per heavy atom. The number of Topliss-reactive ketones (excluding diaryl/α,β-unsaturated/α-hetero) is 1. The third-order valence-electron chi connectivity index (χ3n) is 6.41. The van der Waals surface area contributed by atoms with Crippen LogP contribution in [0, 0.1) is 5.82 Å². The molecule has 1 aromatic heterocycles. The second kappa shape index (κ2) is 9.75. The Kier molecular flexibility index (Phi) is 6.48. The summed E-state index contributed by atoms with van der Waals surface area (Å²) in [6.45, 7) is 6.99. The van der Waals surface area contributed by atoms with Gasteiger partial charge in [-0.2, -0.15) is 0 Å². The molecule has 0 radical (unpaired) electrons. The summed E-state index contributed by atoms with van der Waals surface area (Å²) in [5, 5.41) is 3.49. The highest BCUT2D eigenvalue weighted by atomic mass is 19.1. The number of benzene rings is 3. The zero-order valence-corrected chi connectivity index (χ0v) is 21.3. The molecule has 1 atom stereocenters. The van der Waals surface area contributed by atoms with Gasteiger partial charge in [0, 0.05) is 23.3 Å². The molecule has 7 heteroatoms. The molecule has 1 N–H and O–H groups in total. The van der Waals surface area contributed by atoms with E-state index in [2.05, 4.69) is 36.1 Å². The third-order valence-corrected chi connectivity index (χ3v) is 6.41. The van der Waals surface area contributed by atoms with Gasteiger partial charge < -0.3 is 10.1 Å². The van der Waals surface area contributed by atoms with Crippen LogP contribution in [0.25, 0.3) is 16.8 Å². The molecule has 1 aliphatic rings. The van der Waals surface area contributed by atoms with E-state index in [0.29, 0.717) is 23.7 Å². The molecule has 0 bridgehead atoms. The van der Waals surface area contributed by atoms with E-state index in [1.54, 1.807) is 30.3 Å². The van der Waals surface area contributed by atoms with Gasteiger partial charge in [-0.3, -0.25) is 14.4 Å². The maximum Gasteiger partial charge on any atom is 0.210 e. The van der Waals surface area contributed by atoms with Gasteiger partial charge in [-0.1, -0.05) is 36.4 Å². The summed E-state index contributed by atoms with van der Waals surface area (Å²) in [4.78, 5) is 22.3. The number of nitrogens with zero attached hydrogens (tertiary/aromatic N) is 3. The Hall–Kier alpha value is -4.10. The molecule has 0 spiro atoms. The molecule has 1 aliphatic heterocycles. The molecule has 1 unspecified atom stereocenters. The van der Waals surface area contributed by atoms with Crippen LogP contribution in [-0.2, 0) is 6.54 Å². The average molecular weight is 497 g/mol. The van der Waals surface area contributed by atoms with E-state index in [-0.39, 0.29) is 16.9 Å². The van der Waals surface area contributed by atoms with E-state index in [0.717, 1.165) is 22.4 Å². The van der Waals surface area contributed by atoms with Crippen molar-refractivity contribution in [3.63, 3.8) is 0 Å². The highest BCUT2D eigenvalue weighted by Gasteiger charge is 2.32. The number of methoxy groups -OCH3 is 1. The van der Waals surface area contributed by atoms with E-state index >= 15 is 4.39 Å². The van der Waals surface area contributed by atoms with E-state index in [1.807, 2.05) is 54.6 Å². The van der Waals surface area contributed by atoms with Gasteiger partial charge in [0.15, 0.2) is 0 Å². The molecule has 0 saturated heterocycles. The fourth-order valence-electron chi connectivity index (χ4n) is 4.44. The van der Waals surface area contributed by atoms with Crippen molar-refractivity contribution in [2.75, 3.05) is 7.11 Å². The van der Waals surface area contributed by atoms with Crippen molar-refractivity contribution in [2.24, 2.45) is 4.99 Å². The number of aromatic nitrogens is 2. The average Bonchev–Trinajstić information content (AvgIpc) is 3.33. The predicted molar refractivity (Wildman–Crippen MR) is 143 cm³/mol. The molecule has 0 amide bonds. The van der Waals surface area contributed by atoms with E-state index in [1.165, 1.54) is 6.07 Å². The molecule has 3 aromatic carbocycles. The fraction of sp³-hybridized carbons (Fsp3) is 0.233. The number of ketones is 1. The quantitative estimate of drug-likeness (QED) is 0.359. The number of hydrogen-bond acceptors (Lipinski definition) is 5. The summed E-state index contributed by atoms with van der Waals surface area (Å²) in [6.07, 6.45) is 3.13. The van der Waals surface area contributed by atoms with E-state index < -0.39 is 11.9 Å². The molecule has 0 fully saturated rings. The topological polar surface area (TPSA) is 68.5 Å². The number of carbonyl (C=O) groups is 1. The number of nitrogens with one attached hydrogen (secondary N) is 1. The summed E-state index contributed by atoms with van der Waals surface area (Å²) in [5.74, 6) is -0.0563. The van der Waals surface area contributed by atoms with Crippen LogP contribution in [0.3, 0.4) is 0 Å². The van der Waals surface area contributed by atoms with Crippen LogP contribution in [0.15, 0.2) is 78.0 Å². The van der Waals surface area contributed by atoms with Crippen molar-refractivity contribution in [1.82, 2.24) is 14.9 Å². The highest BCUT2D eigenvalue weighted by molar-refractivity contribution is 6.08. The van der Waals surface area contributed by atoms with Crippen molar-refractivity contribution >= 4 is 12.0 Å². The maximum atomic E-state index is 15.5. The lowest BCUT2D eigenvalue weighted by atomic mass is 9.93. The third kappa shape index (κ3) is 4.95. The Labute approximate surface area is 215 Å². The van der Waals surface area contributed by atoms with Crippen molar-refractivity contribution in [1.29, 1.82) is 0 Å².